The predicted molar refractivity (Wildman–Crippen MR) is 58.7 cm³/mol. The van der Waals surface area contributed by atoms with E-state index in [0.717, 1.165) is 25.7 Å². The van der Waals surface area contributed by atoms with Crippen molar-refractivity contribution in [2.75, 3.05) is 6.61 Å². The monoisotopic (exact) mass is 182 g/mol. The summed E-state index contributed by atoms with van der Waals surface area (Å²) in [6, 6.07) is 0. The zero-order chi connectivity index (χ0) is 10.1. The van der Waals surface area contributed by atoms with E-state index >= 15 is 0 Å². The SMILES string of the molecule is CCC(C)=CCCC(=CCO)CC. The van der Waals surface area contributed by atoms with Crippen molar-refractivity contribution in [3.63, 3.8) is 0 Å². The number of hydrogen-bond acceptors (Lipinski definition) is 1. The second-order valence-corrected chi connectivity index (χ2v) is 3.34. The quantitative estimate of drug-likeness (QED) is 0.624. The van der Waals surface area contributed by atoms with E-state index in [-0.39, 0.29) is 6.61 Å². The Morgan fingerprint density at radius 2 is 1.85 bits per heavy atom. The van der Waals surface area contributed by atoms with Crippen LogP contribution in [-0.4, -0.2) is 11.7 Å². The Labute approximate surface area is 82.2 Å². The summed E-state index contributed by atoms with van der Waals surface area (Å²) in [5, 5.41) is 8.73. The standard InChI is InChI=1S/C12H22O/c1-4-11(3)7-6-8-12(5-2)9-10-13/h7,9,13H,4-6,8,10H2,1-3H3. The molecule has 0 aliphatic heterocycles. The number of allylic oxidation sites excluding steroid dienone is 3. The molecule has 0 aromatic rings. The van der Waals surface area contributed by atoms with Crippen molar-refractivity contribution in [1.82, 2.24) is 0 Å². The number of rotatable bonds is 6. The van der Waals surface area contributed by atoms with Crippen LogP contribution in [0.2, 0.25) is 0 Å². The van der Waals surface area contributed by atoms with E-state index < -0.39 is 0 Å². The van der Waals surface area contributed by atoms with Gasteiger partial charge in [-0.15, -0.1) is 0 Å². The van der Waals surface area contributed by atoms with E-state index in [1.807, 2.05) is 6.08 Å². The molecule has 0 aliphatic rings. The molecule has 0 atom stereocenters. The molecule has 0 rings (SSSR count). The molecule has 0 spiro atoms. The van der Waals surface area contributed by atoms with Crippen LogP contribution in [-0.2, 0) is 0 Å². The van der Waals surface area contributed by atoms with Crippen molar-refractivity contribution in [3.05, 3.63) is 23.3 Å². The van der Waals surface area contributed by atoms with Crippen molar-refractivity contribution in [2.24, 2.45) is 0 Å². The van der Waals surface area contributed by atoms with Gasteiger partial charge in [0.05, 0.1) is 6.61 Å². The van der Waals surface area contributed by atoms with E-state index in [2.05, 4.69) is 26.8 Å². The van der Waals surface area contributed by atoms with Crippen molar-refractivity contribution in [3.8, 4) is 0 Å². The molecule has 0 heterocycles. The fourth-order valence-electron chi connectivity index (χ4n) is 1.20. The fraction of sp³-hybridized carbons (Fsp3) is 0.667. The van der Waals surface area contributed by atoms with Gasteiger partial charge >= 0.3 is 0 Å². The van der Waals surface area contributed by atoms with Crippen molar-refractivity contribution < 1.29 is 5.11 Å². The van der Waals surface area contributed by atoms with Crippen molar-refractivity contribution in [1.29, 1.82) is 0 Å². The van der Waals surface area contributed by atoms with Crippen LogP contribution in [0.3, 0.4) is 0 Å². The molecule has 13 heavy (non-hydrogen) atoms. The molecule has 0 aromatic heterocycles. The van der Waals surface area contributed by atoms with Crippen LogP contribution in [0.15, 0.2) is 23.3 Å². The smallest absolute Gasteiger partial charge is 0.0615 e. The Morgan fingerprint density at radius 3 is 2.31 bits per heavy atom. The third kappa shape index (κ3) is 6.59. The third-order valence-corrected chi connectivity index (χ3v) is 2.35. The normalized spacial score (nSPS) is 13.5. The summed E-state index contributed by atoms with van der Waals surface area (Å²) in [6.45, 7) is 6.66. The van der Waals surface area contributed by atoms with Gasteiger partial charge in [-0.05, 0) is 32.6 Å². The maximum absolute atomic E-state index is 8.73. The Hall–Kier alpha value is -0.560. The zero-order valence-corrected chi connectivity index (χ0v) is 9.14. The van der Waals surface area contributed by atoms with E-state index in [4.69, 9.17) is 5.11 Å². The van der Waals surface area contributed by atoms with E-state index in [9.17, 15) is 0 Å². The molecule has 0 radical (unpaired) electrons. The largest absolute Gasteiger partial charge is 0.392 e. The third-order valence-electron chi connectivity index (χ3n) is 2.35. The van der Waals surface area contributed by atoms with Gasteiger partial charge in [0.2, 0.25) is 0 Å². The zero-order valence-electron chi connectivity index (χ0n) is 9.14. The molecule has 1 heteroatoms. The summed E-state index contributed by atoms with van der Waals surface area (Å²) in [5.41, 5.74) is 2.82. The average molecular weight is 182 g/mol. The highest BCUT2D eigenvalue weighted by Crippen LogP contribution is 2.11. The molecule has 0 bridgehead atoms. The summed E-state index contributed by atoms with van der Waals surface area (Å²) in [7, 11) is 0. The van der Waals surface area contributed by atoms with Gasteiger partial charge in [0, 0.05) is 0 Å². The maximum Gasteiger partial charge on any atom is 0.0615 e. The summed E-state index contributed by atoms with van der Waals surface area (Å²) in [4.78, 5) is 0. The minimum absolute atomic E-state index is 0.180. The minimum Gasteiger partial charge on any atom is -0.392 e. The Kier molecular flexibility index (Phi) is 7.71. The van der Waals surface area contributed by atoms with Crippen LogP contribution in [0.1, 0.15) is 46.5 Å². The number of aliphatic hydroxyl groups excluding tert-OH is 1. The van der Waals surface area contributed by atoms with Gasteiger partial charge < -0.3 is 5.11 Å². The lowest BCUT2D eigenvalue weighted by Gasteiger charge is -2.01. The summed E-state index contributed by atoms with van der Waals surface area (Å²) in [6.07, 6.45) is 8.62. The van der Waals surface area contributed by atoms with E-state index in [1.54, 1.807) is 0 Å². The Morgan fingerprint density at radius 1 is 1.15 bits per heavy atom. The predicted octanol–water partition coefficient (Wildman–Crippen LogP) is 3.45. The Bertz CT molecular complexity index is 178. The summed E-state index contributed by atoms with van der Waals surface area (Å²) < 4.78 is 0. The van der Waals surface area contributed by atoms with Gasteiger partial charge in [0.1, 0.15) is 0 Å². The molecule has 76 valence electrons. The van der Waals surface area contributed by atoms with Crippen molar-refractivity contribution >= 4 is 0 Å². The van der Waals surface area contributed by atoms with Gasteiger partial charge in [-0.3, -0.25) is 0 Å². The minimum atomic E-state index is 0.180. The van der Waals surface area contributed by atoms with Crippen LogP contribution in [0, 0.1) is 0 Å². The summed E-state index contributed by atoms with van der Waals surface area (Å²) in [5.74, 6) is 0. The van der Waals surface area contributed by atoms with Crippen LogP contribution in [0.4, 0.5) is 0 Å². The molecular formula is C12H22O. The van der Waals surface area contributed by atoms with Crippen LogP contribution >= 0.6 is 0 Å². The molecule has 1 N–H and O–H groups in total. The van der Waals surface area contributed by atoms with Crippen molar-refractivity contribution in [2.45, 2.75) is 46.5 Å². The van der Waals surface area contributed by atoms with Crippen LogP contribution < -0.4 is 0 Å². The fourth-order valence-corrected chi connectivity index (χ4v) is 1.20. The van der Waals surface area contributed by atoms with Gasteiger partial charge in [0.25, 0.3) is 0 Å². The highest BCUT2D eigenvalue weighted by atomic mass is 16.2. The molecule has 0 fully saturated rings. The van der Waals surface area contributed by atoms with E-state index in [1.165, 1.54) is 11.1 Å². The van der Waals surface area contributed by atoms with Gasteiger partial charge in [-0.1, -0.05) is 37.1 Å². The molecular weight excluding hydrogens is 160 g/mol. The van der Waals surface area contributed by atoms with Crippen LogP contribution in [0.25, 0.3) is 0 Å². The van der Waals surface area contributed by atoms with Gasteiger partial charge in [-0.25, -0.2) is 0 Å². The molecule has 0 saturated heterocycles. The van der Waals surface area contributed by atoms with E-state index in [0.29, 0.717) is 0 Å². The topological polar surface area (TPSA) is 20.2 Å². The van der Waals surface area contributed by atoms with Gasteiger partial charge in [-0.2, -0.15) is 0 Å². The second-order valence-electron chi connectivity index (χ2n) is 3.34. The number of hydrogen-bond donors (Lipinski definition) is 1. The first-order valence-electron chi connectivity index (χ1n) is 5.18. The lowest BCUT2D eigenvalue weighted by Crippen LogP contribution is -1.84. The molecule has 1 nitrogen and oxygen atoms in total. The lowest BCUT2D eigenvalue weighted by molar-refractivity contribution is 0.341. The second kappa shape index (κ2) is 8.06. The maximum atomic E-state index is 8.73. The first kappa shape index (κ1) is 12.4. The van der Waals surface area contributed by atoms with Crippen LogP contribution in [0.5, 0.6) is 0 Å². The lowest BCUT2D eigenvalue weighted by atomic mass is 10.1. The molecule has 0 saturated carbocycles. The first-order valence-corrected chi connectivity index (χ1v) is 5.18. The first-order chi connectivity index (χ1) is 6.24. The number of aliphatic hydroxyl groups is 1. The average Bonchev–Trinajstić information content (AvgIpc) is 2.16. The molecule has 0 amide bonds. The molecule has 0 aliphatic carbocycles. The Balaban J connectivity index is 3.79. The summed E-state index contributed by atoms with van der Waals surface area (Å²) >= 11 is 0. The molecule has 0 unspecified atom stereocenters. The van der Waals surface area contributed by atoms with Gasteiger partial charge in [0.15, 0.2) is 0 Å². The highest BCUT2D eigenvalue weighted by molar-refractivity contribution is 5.05. The molecule has 0 aromatic carbocycles. The highest BCUT2D eigenvalue weighted by Gasteiger charge is 1.92.